The van der Waals surface area contributed by atoms with Gasteiger partial charge in [0, 0.05) is 22.8 Å². The largest absolute Gasteiger partial charge is 0.399 e. The highest BCUT2D eigenvalue weighted by atomic mass is 35.5. The number of anilines is 1. The molecule has 102 valence electrons. The molecule has 0 saturated carbocycles. The van der Waals surface area contributed by atoms with Crippen LogP contribution in [0.2, 0.25) is 5.02 Å². The second kappa shape index (κ2) is 5.15. The van der Waals surface area contributed by atoms with Crippen molar-refractivity contribution in [1.82, 2.24) is 9.55 Å². The van der Waals surface area contributed by atoms with Gasteiger partial charge in [-0.05, 0) is 30.3 Å². The highest BCUT2D eigenvalue weighted by Gasteiger charge is 2.12. The molecular formula is C15H14ClN3O. The van der Waals surface area contributed by atoms with Gasteiger partial charge in [-0.3, -0.25) is 0 Å². The topological polar surface area (TPSA) is 64.1 Å². The van der Waals surface area contributed by atoms with Crippen molar-refractivity contribution in [3.8, 4) is 11.4 Å². The molecule has 0 aliphatic heterocycles. The Bertz CT molecular complexity index is 767. The molecule has 0 aliphatic rings. The predicted molar refractivity (Wildman–Crippen MR) is 81.7 cm³/mol. The Morgan fingerprint density at radius 3 is 2.80 bits per heavy atom. The van der Waals surface area contributed by atoms with Gasteiger partial charge in [-0.2, -0.15) is 0 Å². The lowest BCUT2D eigenvalue weighted by Crippen LogP contribution is -2.04. The smallest absolute Gasteiger partial charge is 0.141 e. The molecule has 2 aromatic carbocycles. The number of aliphatic hydroxyl groups excluding tert-OH is 1. The molecule has 1 aromatic heterocycles. The van der Waals surface area contributed by atoms with Crippen LogP contribution >= 0.6 is 11.6 Å². The zero-order valence-electron chi connectivity index (χ0n) is 10.8. The van der Waals surface area contributed by atoms with Crippen molar-refractivity contribution in [2.24, 2.45) is 0 Å². The van der Waals surface area contributed by atoms with Crippen LogP contribution in [0.4, 0.5) is 5.69 Å². The summed E-state index contributed by atoms with van der Waals surface area (Å²) in [4.78, 5) is 4.62. The predicted octanol–water partition coefficient (Wildman–Crippen LogP) is 2.93. The number of nitrogens with two attached hydrogens (primary N) is 1. The van der Waals surface area contributed by atoms with E-state index in [1.165, 1.54) is 0 Å². The van der Waals surface area contributed by atoms with E-state index in [0.717, 1.165) is 22.4 Å². The van der Waals surface area contributed by atoms with Gasteiger partial charge in [0.15, 0.2) is 0 Å². The Kier molecular flexibility index (Phi) is 3.34. The van der Waals surface area contributed by atoms with Gasteiger partial charge in [-0.25, -0.2) is 4.98 Å². The fourth-order valence-corrected chi connectivity index (χ4v) is 2.49. The molecule has 3 aromatic rings. The van der Waals surface area contributed by atoms with Crippen molar-refractivity contribution in [3.63, 3.8) is 0 Å². The average molecular weight is 288 g/mol. The van der Waals surface area contributed by atoms with E-state index in [1.54, 1.807) is 0 Å². The van der Waals surface area contributed by atoms with E-state index in [1.807, 2.05) is 47.0 Å². The zero-order valence-corrected chi connectivity index (χ0v) is 11.5. The Morgan fingerprint density at radius 2 is 2.05 bits per heavy atom. The number of imidazole rings is 1. The van der Waals surface area contributed by atoms with Crippen molar-refractivity contribution in [3.05, 3.63) is 47.5 Å². The number of rotatable bonds is 3. The third kappa shape index (κ3) is 2.24. The van der Waals surface area contributed by atoms with Gasteiger partial charge in [0.2, 0.25) is 0 Å². The lowest BCUT2D eigenvalue weighted by molar-refractivity contribution is 0.278. The first-order valence-electron chi connectivity index (χ1n) is 6.31. The van der Waals surface area contributed by atoms with Gasteiger partial charge in [-0.1, -0.05) is 23.7 Å². The van der Waals surface area contributed by atoms with Crippen LogP contribution in [0.1, 0.15) is 0 Å². The van der Waals surface area contributed by atoms with Crippen LogP contribution in [-0.2, 0) is 6.54 Å². The van der Waals surface area contributed by atoms with Crippen molar-refractivity contribution in [2.75, 3.05) is 12.3 Å². The SMILES string of the molecule is Nc1cccc(-c2nc3cc(Cl)ccc3n2CCO)c1. The first-order chi connectivity index (χ1) is 9.69. The molecule has 0 atom stereocenters. The normalized spacial score (nSPS) is 11.1. The van der Waals surface area contributed by atoms with Gasteiger partial charge < -0.3 is 15.4 Å². The van der Waals surface area contributed by atoms with Crippen LogP contribution < -0.4 is 5.73 Å². The molecule has 3 rings (SSSR count). The summed E-state index contributed by atoms with van der Waals surface area (Å²) in [5, 5.41) is 9.92. The zero-order chi connectivity index (χ0) is 14.1. The van der Waals surface area contributed by atoms with Crippen molar-refractivity contribution < 1.29 is 5.11 Å². The Hall–Kier alpha value is -2.04. The first kappa shape index (κ1) is 13.0. The molecule has 0 bridgehead atoms. The summed E-state index contributed by atoms with van der Waals surface area (Å²) in [7, 11) is 0. The molecule has 5 heteroatoms. The molecule has 1 heterocycles. The third-order valence-corrected chi connectivity index (χ3v) is 3.41. The van der Waals surface area contributed by atoms with Gasteiger partial charge in [-0.15, -0.1) is 0 Å². The number of nitrogen functional groups attached to an aromatic ring is 1. The summed E-state index contributed by atoms with van der Waals surface area (Å²) in [5.41, 5.74) is 9.19. The van der Waals surface area contributed by atoms with Crippen LogP contribution in [0.5, 0.6) is 0 Å². The van der Waals surface area contributed by atoms with E-state index in [-0.39, 0.29) is 6.61 Å². The number of hydrogen-bond donors (Lipinski definition) is 2. The molecular weight excluding hydrogens is 274 g/mol. The minimum Gasteiger partial charge on any atom is -0.399 e. The Labute approximate surface area is 121 Å². The average Bonchev–Trinajstić information content (AvgIpc) is 2.77. The summed E-state index contributed by atoms with van der Waals surface area (Å²) in [6.45, 7) is 0.520. The number of fused-ring (bicyclic) bond motifs is 1. The molecule has 0 aliphatic carbocycles. The second-order valence-electron chi connectivity index (χ2n) is 4.57. The summed E-state index contributed by atoms with van der Waals surface area (Å²) < 4.78 is 1.97. The molecule has 0 spiro atoms. The summed E-state index contributed by atoms with van der Waals surface area (Å²) in [6.07, 6.45) is 0. The fourth-order valence-electron chi connectivity index (χ4n) is 2.33. The molecule has 20 heavy (non-hydrogen) atoms. The monoisotopic (exact) mass is 287 g/mol. The first-order valence-corrected chi connectivity index (χ1v) is 6.69. The van der Waals surface area contributed by atoms with Gasteiger partial charge in [0.1, 0.15) is 5.82 Å². The summed E-state index contributed by atoms with van der Waals surface area (Å²) in [5.74, 6) is 0.781. The molecule has 0 radical (unpaired) electrons. The van der Waals surface area contributed by atoms with E-state index in [0.29, 0.717) is 17.3 Å². The quantitative estimate of drug-likeness (QED) is 0.728. The Morgan fingerprint density at radius 1 is 1.20 bits per heavy atom. The molecule has 0 unspecified atom stereocenters. The number of aromatic nitrogens is 2. The van der Waals surface area contributed by atoms with Gasteiger partial charge in [0.05, 0.1) is 17.6 Å². The number of aliphatic hydroxyl groups is 1. The van der Waals surface area contributed by atoms with E-state index >= 15 is 0 Å². The number of benzene rings is 2. The van der Waals surface area contributed by atoms with E-state index in [9.17, 15) is 5.11 Å². The maximum atomic E-state index is 9.28. The maximum absolute atomic E-state index is 9.28. The lowest BCUT2D eigenvalue weighted by atomic mass is 10.2. The van der Waals surface area contributed by atoms with Gasteiger partial charge >= 0.3 is 0 Å². The highest BCUT2D eigenvalue weighted by molar-refractivity contribution is 6.31. The van der Waals surface area contributed by atoms with Crippen LogP contribution in [0.25, 0.3) is 22.4 Å². The standard InChI is InChI=1S/C15H14ClN3O/c16-11-4-5-14-13(9-11)18-15(19(14)6-7-20)10-2-1-3-12(17)8-10/h1-5,8-9,20H,6-7,17H2. The lowest BCUT2D eigenvalue weighted by Gasteiger charge is -2.07. The van der Waals surface area contributed by atoms with Crippen LogP contribution in [0.15, 0.2) is 42.5 Å². The minimum absolute atomic E-state index is 0.0450. The second-order valence-corrected chi connectivity index (χ2v) is 5.01. The van der Waals surface area contributed by atoms with Crippen molar-refractivity contribution in [2.45, 2.75) is 6.54 Å². The van der Waals surface area contributed by atoms with E-state index in [4.69, 9.17) is 17.3 Å². The Balaban J connectivity index is 2.25. The molecule has 4 nitrogen and oxygen atoms in total. The highest BCUT2D eigenvalue weighted by Crippen LogP contribution is 2.27. The van der Waals surface area contributed by atoms with Crippen molar-refractivity contribution >= 4 is 28.3 Å². The fraction of sp³-hybridized carbons (Fsp3) is 0.133. The van der Waals surface area contributed by atoms with Crippen LogP contribution in [-0.4, -0.2) is 21.3 Å². The maximum Gasteiger partial charge on any atom is 0.141 e. The summed E-state index contributed by atoms with van der Waals surface area (Å²) in [6, 6.07) is 13.1. The van der Waals surface area contributed by atoms with Crippen molar-refractivity contribution in [1.29, 1.82) is 0 Å². The minimum atomic E-state index is 0.0450. The van der Waals surface area contributed by atoms with E-state index in [2.05, 4.69) is 4.98 Å². The van der Waals surface area contributed by atoms with Crippen LogP contribution in [0.3, 0.4) is 0 Å². The number of halogens is 1. The molecule has 0 fully saturated rings. The molecule has 3 N–H and O–H groups in total. The summed E-state index contributed by atoms with van der Waals surface area (Å²) >= 11 is 6.01. The molecule has 0 saturated heterocycles. The number of hydrogen-bond acceptors (Lipinski definition) is 3. The van der Waals surface area contributed by atoms with Gasteiger partial charge in [0.25, 0.3) is 0 Å². The van der Waals surface area contributed by atoms with E-state index < -0.39 is 0 Å². The van der Waals surface area contributed by atoms with Crippen LogP contribution in [0, 0.1) is 0 Å². The number of nitrogens with zero attached hydrogens (tertiary/aromatic N) is 2. The third-order valence-electron chi connectivity index (χ3n) is 3.18. The molecule has 0 amide bonds.